The van der Waals surface area contributed by atoms with Gasteiger partial charge < -0.3 is 14.4 Å². The lowest BCUT2D eigenvalue weighted by molar-refractivity contribution is -0.133. The van der Waals surface area contributed by atoms with Crippen LogP contribution >= 0.6 is 0 Å². The van der Waals surface area contributed by atoms with E-state index in [9.17, 15) is 9.59 Å². The second-order valence-electron chi connectivity index (χ2n) is 8.40. The molecule has 0 radical (unpaired) electrons. The maximum atomic E-state index is 13.1. The first-order valence-corrected chi connectivity index (χ1v) is 10.8. The second-order valence-corrected chi connectivity index (χ2v) is 8.40. The van der Waals surface area contributed by atoms with Crippen LogP contribution in [0.15, 0.2) is 47.4 Å². The van der Waals surface area contributed by atoms with E-state index in [1.165, 1.54) is 6.42 Å². The number of amides is 1. The van der Waals surface area contributed by atoms with Crippen LogP contribution in [0.1, 0.15) is 31.0 Å². The highest BCUT2D eigenvalue weighted by atomic mass is 16.2. The number of fused-ring (bicyclic) bond motifs is 1. The number of piperidine rings is 1. The smallest absolute Gasteiger partial charge is 0.269 e. The summed E-state index contributed by atoms with van der Waals surface area (Å²) in [5, 5.41) is 5.60. The fraction of sp³-hybridized carbons (Fsp3) is 0.435. The minimum atomic E-state index is -0.0778. The molecule has 2 saturated heterocycles. The summed E-state index contributed by atoms with van der Waals surface area (Å²) in [6.07, 6.45) is 4.70. The number of aromatic nitrogens is 3. The first-order chi connectivity index (χ1) is 14.6. The zero-order chi connectivity index (χ0) is 20.7. The molecule has 0 aliphatic carbocycles. The summed E-state index contributed by atoms with van der Waals surface area (Å²) in [6.45, 7) is 5.60. The van der Waals surface area contributed by atoms with Gasteiger partial charge in [0.2, 0.25) is 5.91 Å². The Morgan fingerprint density at radius 3 is 2.73 bits per heavy atom. The first kappa shape index (κ1) is 18.9. The number of nitrogens with zero attached hydrogens (tertiary/aromatic N) is 5. The van der Waals surface area contributed by atoms with E-state index < -0.39 is 0 Å². The normalized spacial score (nSPS) is 19.2. The Morgan fingerprint density at radius 1 is 1.13 bits per heavy atom. The topological polar surface area (TPSA) is 63.4 Å². The fourth-order valence-electron chi connectivity index (χ4n) is 4.60. The van der Waals surface area contributed by atoms with Gasteiger partial charge in [0.15, 0.2) is 0 Å². The molecule has 2 fully saturated rings. The van der Waals surface area contributed by atoms with Crippen molar-refractivity contribution in [3.63, 3.8) is 0 Å². The zero-order valence-corrected chi connectivity index (χ0v) is 17.3. The van der Waals surface area contributed by atoms with Crippen molar-refractivity contribution in [3.05, 3.63) is 58.6 Å². The van der Waals surface area contributed by atoms with E-state index in [2.05, 4.69) is 32.8 Å². The third kappa shape index (κ3) is 3.38. The van der Waals surface area contributed by atoms with Crippen molar-refractivity contribution in [3.8, 4) is 0 Å². The van der Waals surface area contributed by atoms with E-state index >= 15 is 0 Å². The molecule has 2 aromatic heterocycles. The standard InChI is InChI=1S/C23H27N5O2/c1-17-12-18-6-2-3-8-21(18)27(17)16-23(30)26-9-4-7-19(15-26)28-22(29)13-20(14-24-28)25-10-5-11-25/h2-3,6,8,12-14,19H,4-5,7,9-11,15-16H2,1H3/t19-/m0/s1. The van der Waals surface area contributed by atoms with Crippen LogP contribution in [0, 0.1) is 6.92 Å². The molecule has 0 unspecified atom stereocenters. The molecular weight excluding hydrogens is 378 g/mol. The number of anilines is 1. The summed E-state index contributed by atoms with van der Waals surface area (Å²) in [5.41, 5.74) is 2.99. The number of carbonyl (C=O) groups excluding carboxylic acids is 1. The number of hydrogen-bond donors (Lipinski definition) is 0. The average Bonchev–Trinajstić information content (AvgIpc) is 3.02. The van der Waals surface area contributed by atoms with Crippen LogP contribution in [0.25, 0.3) is 10.9 Å². The van der Waals surface area contributed by atoms with Crippen molar-refractivity contribution in [2.45, 2.75) is 38.8 Å². The average molecular weight is 406 g/mol. The number of carbonyl (C=O) groups is 1. The van der Waals surface area contributed by atoms with E-state index in [-0.39, 0.29) is 17.5 Å². The Morgan fingerprint density at radius 2 is 1.97 bits per heavy atom. The fourth-order valence-corrected chi connectivity index (χ4v) is 4.60. The molecule has 1 aromatic carbocycles. The summed E-state index contributed by atoms with van der Waals surface area (Å²) >= 11 is 0. The van der Waals surface area contributed by atoms with Crippen molar-refractivity contribution in [1.29, 1.82) is 0 Å². The van der Waals surface area contributed by atoms with E-state index in [1.54, 1.807) is 16.9 Å². The van der Waals surface area contributed by atoms with E-state index in [1.807, 2.05) is 24.0 Å². The van der Waals surface area contributed by atoms with Gasteiger partial charge >= 0.3 is 0 Å². The third-order valence-electron chi connectivity index (χ3n) is 6.44. The van der Waals surface area contributed by atoms with E-state index in [0.717, 1.165) is 54.8 Å². The molecule has 7 heteroatoms. The monoisotopic (exact) mass is 405 g/mol. The highest BCUT2D eigenvalue weighted by Gasteiger charge is 2.27. The lowest BCUT2D eigenvalue weighted by Gasteiger charge is -2.34. The van der Waals surface area contributed by atoms with Gasteiger partial charge in [0.05, 0.1) is 17.9 Å². The number of hydrogen-bond acceptors (Lipinski definition) is 4. The van der Waals surface area contributed by atoms with Gasteiger partial charge in [-0.15, -0.1) is 0 Å². The van der Waals surface area contributed by atoms with Gasteiger partial charge in [-0.1, -0.05) is 18.2 Å². The number of likely N-dealkylation sites (tertiary alicyclic amines) is 1. The van der Waals surface area contributed by atoms with Crippen LogP contribution in [0.5, 0.6) is 0 Å². The predicted molar refractivity (Wildman–Crippen MR) is 117 cm³/mol. The van der Waals surface area contributed by atoms with Crippen molar-refractivity contribution < 1.29 is 4.79 Å². The van der Waals surface area contributed by atoms with Gasteiger partial charge in [0.1, 0.15) is 6.54 Å². The Bertz CT molecular complexity index is 1140. The molecule has 30 heavy (non-hydrogen) atoms. The van der Waals surface area contributed by atoms with Crippen LogP contribution in [-0.4, -0.2) is 51.3 Å². The zero-order valence-electron chi connectivity index (χ0n) is 17.3. The van der Waals surface area contributed by atoms with Crippen LogP contribution < -0.4 is 10.5 Å². The maximum Gasteiger partial charge on any atom is 0.269 e. The van der Waals surface area contributed by atoms with Crippen molar-refractivity contribution >= 4 is 22.5 Å². The minimum absolute atomic E-state index is 0.0665. The number of benzene rings is 1. The van der Waals surface area contributed by atoms with Crippen molar-refractivity contribution in [2.75, 3.05) is 31.1 Å². The number of para-hydroxylation sites is 1. The Labute approximate surface area is 175 Å². The molecule has 2 aliphatic rings. The molecule has 0 N–H and O–H groups in total. The molecule has 156 valence electrons. The molecule has 0 saturated carbocycles. The lowest BCUT2D eigenvalue weighted by atomic mass is 10.1. The summed E-state index contributed by atoms with van der Waals surface area (Å²) < 4.78 is 3.65. The predicted octanol–water partition coefficient (Wildman–Crippen LogP) is 2.58. The molecule has 4 heterocycles. The van der Waals surface area contributed by atoms with E-state index in [0.29, 0.717) is 13.1 Å². The molecule has 2 aliphatic heterocycles. The van der Waals surface area contributed by atoms with Crippen LogP contribution in [-0.2, 0) is 11.3 Å². The minimum Gasteiger partial charge on any atom is -0.370 e. The Hall–Kier alpha value is -3.09. The Balaban J connectivity index is 1.32. The third-order valence-corrected chi connectivity index (χ3v) is 6.44. The molecular formula is C23H27N5O2. The van der Waals surface area contributed by atoms with Gasteiger partial charge in [-0.2, -0.15) is 5.10 Å². The second kappa shape index (κ2) is 7.63. The maximum absolute atomic E-state index is 13.1. The van der Waals surface area contributed by atoms with Gasteiger partial charge in [0.25, 0.3) is 5.56 Å². The van der Waals surface area contributed by atoms with Gasteiger partial charge in [0, 0.05) is 43.5 Å². The lowest BCUT2D eigenvalue weighted by Crippen LogP contribution is -2.45. The van der Waals surface area contributed by atoms with Crippen LogP contribution in [0.4, 0.5) is 5.69 Å². The molecule has 0 bridgehead atoms. The first-order valence-electron chi connectivity index (χ1n) is 10.8. The summed E-state index contributed by atoms with van der Waals surface area (Å²) in [6, 6.07) is 11.9. The molecule has 1 amide bonds. The van der Waals surface area contributed by atoms with Gasteiger partial charge in [-0.3, -0.25) is 9.59 Å². The molecule has 0 spiro atoms. The summed E-state index contributed by atoms with van der Waals surface area (Å²) in [5.74, 6) is 0.0920. The number of rotatable bonds is 4. The van der Waals surface area contributed by atoms with E-state index in [4.69, 9.17) is 0 Å². The van der Waals surface area contributed by atoms with Crippen molar-refractivity contribution in [1.82, 2.24) is 19.2 Å². The van der Waals surface area contributed by atoms with Gasteiger partial charge in [-0.05, 0) is 43.7 Å². The van der Waals surface area contributed by atoms with Crippen LogP contribution in [0.3, 0.4) is 0 Å². The molecule has 5 rings (SSSR count). The van der Waals surface area contributed by atoms with Crippen molar-refractivity contribution in [2.24, 2.45) is 0 Å². The number of aryl methyl sites for hydroxylation is 1. The largest absolute Gasteiger partial charge is 0.370 e. The SMILES string of the molecule is Cc1cc2ccccc2n1CC(=O)N1CCC[C@H](n2ncc(N3CCC3)cc2=O)C1. The molecule has 3 aromatic rings. The van der Waals surface area contributed by atoms with Gasteiger partial charge in [-0.25, -0.2) is 4.68 Å². The quantitative estimate of drug-likeness (QED) is 0.669. The molecule has 1 atom stereocenters. The van der Waals surface area contributed by atoms with Crippen LogP contribution in [0.2, 0.25) is 0 Å². The summed E-state index contributed by atoms with van der Waals surface area (Å²) in [4.78, 5) is 29.8. The highest BCUT2D eigenvalue weighted by molar-refractivity contribution is 5.84. The Kier molecular flexibility index (Phi) is 4.81. The molecule has 7 nitrogen and oxygen atoms in total. The summed E-state index contributed by atoms with van der Waals surface area (Å²) in [7, 11) is 0. The highest BCUT2D eigenvalue weighted by Crippen LogP contribution is 2.23.